The Kier molecular flexibility index (Phi) is 6.23. The molecule has 5 nitrogen and oxygen atoms in total. The lowest BCUT2D eigenvalue weighted by molar-refractivity contribution is 0.143. The number of pyridine rings is 1. The zero-order chi connectivity index (χ0) is 18.4. The lowest BCUT2D eigenvalue weighted by Gasteiger charge is -2.34. The quantitative estimate of drug-likeness (QED) is 0.886. The summed E-state index contributed by atoms with van der Waals surface area (Å²) in [6.45, 7) is 8.61. The fourth-order valence-electron chi connectivity index (χ4n) is 3.19. The summed E-state index contributed by atoms with van der Waals surface area (Å²) in [5.41, 5.74) is 3.44. The Morgan fingerprint density at radius 2 is 1.73 bits per heavy atom. The lowest BCUT2D eigenvalue weighted by atomic mass is 9.99. The van der Waals surface area contributed by atoms with Crippen molar-refractivity contribution in [1.29, 1.82) is 0 Å². The van der Waals surface area contributed by atoms with Gasteiger partial charge in [0.05, 0.1) is 0 Å². The van der Waals surface area contributed by atoms with Gasteiger partial charge in [0.1, 0.15) is 0 Å². The molecule has 0 unspecified atom stereocenters. The molecule has 0 radical (unpaired) electrons. The van der Waals surface area contributed by atoms with E-state index in [0.29, 0.717) is 5.92 Å². The highest BCUT2D eigenvalue weighted by Crippen LogP contribution is 2.20. The summed E-state index contributed by atoms with van der Waals surface area (Å²) < 4.78 is 0. The van der Waals surface area contributed by atoms with Crippen molar-refractivity contribution in [3.8, 4) is 0 Å². The monoisotopic (exact) mass is 352 g/mol. The molecule has 2 amide bonds. The van der Waals surface area contributed by atoms with Crippen LogP contribution in [0.4, 0.5) is 10.5 Å². The van der Waals surface area contributed by atoms with Crippen molar-refractivity contribution in [3.05, 3.63) is 59.9 Å². The van der Waals surface area contributed by atoms with Gasteiger partial charge in [0.15, 0.2) is 0 Å². The number of rotatable bonds is 5. The van der Waals surface area contributed by atoms with Gasteiger partial charge in [-0.1, -0.05) is 26.0 Å². The molecule has 1 aromatic carbocycles. The number of nitrogens with one attached hydrogen (secondary N) is 1. The van der Waals surface area contributed by atoms with Crippen molar-refractivity contribution in [2.45, 2.75) is 32.7 Å². The van der Waals surface area contributed by atoms with E-state index in [2.05, 4.69) is 41.2 Å². The highest BCUT2D eigenvalue weighted by Gasteiger charge is 2.21. The summed E-state index contributed by atoms with van der Waals surface area (Å²) >= 11 is 0. The second-order valence-corrected chi connectivity index (χ2v) is 6.98. The zero-order valence-corrected chi connectivity index (χ0v) is 15.7. The molecule has 2 heterocycles. The van der Waals surface area contributed by atoms with Crippen molar-refractivity contribution < 1.29 is 4.79 Å². The number of carbonyl (C=O) groups is 1. The van der Waals surface area contributed by atoms with Crippen LogP contribution in [0.3, 0.4) is 0 Å². The number of amides is 2. The highest BCUT2D eigenvalue weighted by atomic mass is 16.2. The third kappa shape index (κ3) is 4.82. The Hall–Kier alpha value is -2.40. The van der Waals surface area contributed by atoms with E-state index in [0.717, 1.165) is 44.8 Å². The summed E-state index contributed by atoms with van der Waals surface area (Å²) in [7, 11) is 0. The van der Waals surface area contributed by atoms with Crippen molar-refractivity contribution in [2.24, 2.45) is 0 Å². The molecule has 2 aromatic rings. The molecule has 3 rings (SSSR count). The maximum atomic E-state index is 12.5. The van der Waals surface area contributed by atoms with Crippen LogP contribution in [0.5, 0.6) is 0 Å². The SMILES string of the molecule is CC[C@H](C)c1ccc(NC(=O)N2CCN(Cc3ccncc3)CC2)cc1. The molecule has 1 aromatic heterocycles. The predicted molar refractivity (Wildman–Crippen MR) is 105 cm³/mol. The average Bonchev–Trinajstić information content (AvgIpc) is 2.69. The Balaban J connectivity index is 1.47. The van der Waals surface area contributed by atoms with Crippen molar-refractivity contribution in [2.75, 3.05) is 31.5 Å². The molecule has 0 spiro atoms. The van der Waals surface area contributed by atoms with Crippen LogP contribution in [-0.4, -0.2) is 47.0 Å². The van der Waals surface area contributed by atoms with E-state index in [1.54, 1.807) is 0 Å². The number of nitrogens with zero attached hydrogens (tertiary/aromatic N) is 3. The van der Waals surface area contributed by atoms with E-state index in [-0.39, 0.29) is 6.03 Å². The highest BCUT2D eigenvalue weighted by molar-refractivity contribution is 5.89. The van der Waals surface area contributed by atoms with Crippen LogP contribution in [0.2, 0.25) is 0 Å². The van der Waals surface area contributed by atoms with Crippen LogP contribution in [0.25, 0.3) is 0 Å². The molecule has 1 aliphatic rings. The van der Waals surface area contributed by atoms with Gasteiger partial charge in [-0.2, -0.15) is 0 Å². The van der Waals surface area contributed by atoms with Crippen LogP contribution >= 0.6 is 0 Å². The standard InChI is InChI=1S/C21H28N4O/c1-3-17(2)19-4-6-20(7-5-19)23-21(26)25-14-12-24(13-15-25)16-18-8-10-22-11-9-18/h4-11,17H,3,12-16H2,1-2H3,(H,23,26)/t17-/m0/s1. The van der Waals surface area contributed by atoms with E-state index in [9.17, 15) is 4.79 Å². The van der Waals surface area contributed by atoms with Gasteiger partial charge >= 0.3 is 6.03 Å². The Morgan fingerprint density at radius 1 is 1.08 bits per heavy atom. The maximum absolute atomic E-state index is 12.5. The van der Waals surface area contributed by atoms with E-state index in [1.165, 1.54) is 11.1 Å². The molecule has 1 N–H and O–H groups in total. The fraction of sp³-hybridized carbons (Fsp3) is 0.429. The van der Waals surface area contributed by atoms with Crippen molar-refractivity contribution in [3.63, 3.8) is 0 Å². The molecule has 0 aliphatic carbocycles. The predicted octanol–water partition coefficient (Wildman–Crippen LogP) is 3.94. The summed E-state index contributed by atoms with van der Waals surface area (Å²) in [5, 5.41) is 3.02. The summed E-state index contributed by atoms with van der Waals surface area (Å²) in [4.78, 5) is 20.8. The van der Waals surface area contributed by atoms with Gasteiger partial charge in [0, 0.05) is 50.8 Å². The third-order valence-electron chi connectivity index (χ3n) is 5.16. The van der Waals surface area contributed by atoms with Gasteiger partial charge in [-0.3, -0.25) is 9.88 Å². The number of hydrogen-bond donors (Lipinski definition) is 1. The second-order valence-electron chi connectivity index (χ2n) is 6.98. The molecule has 138 valence electrons. The maximum Gasteiger partial charge on any atom is 0.321 e. The Bertz CT molecular complexity index is 694. The molecule has 0 saturated carbocycles. The van der Waals surface area contributed by atoms with Crippen molar-refractivity contribution in [1.82, 2.24) is 14.8 Å². The molecular formula is C21H28N4O. The molecular weight excluding hydrogens is 324 g/mol. The second kappa shape index (κ2) is 8.81. The Labute approximate surface area is 156 Å². The number of urea groups is 1. The molecule has 26 heavy (non-hydrogen) atoms. The van der Waals surface area contributed by atoms with Crippen LogP contribution < -0.4 is 5.32 Å². The Morgan fingerprint density at radius 3 is 2.35 bits per heavy atom. The van der Waals surface area contributed by atoms with E-state index < -0.39 is 0 Å². The summed E-state index contributed by atoms with van der Waals surface area (Å²) in [5.74, 6) is 0.549. The molecule has 1 aliphatic heterocycles. The molecule has 1 fully saturated rings. The minimum absolute atomic E-state index is 0.00940. The van der Waals surface area contributed by atoms with Gasteiger partial charge in [0.25, 0.3) is 0 Å². The van der Waals surface area contributed by atoms with Crippen molar-refractivity contribution >= 4 is 11.7 Å². The first-order valence-corrected chi connectivity index (χ1v) is 9.43. The first-order chi connectivity index (χ1) is 12.7. The zero-order valence-electron chi connectivity index (χ0n) is 15.7. The largest absolute Gasteiger partial charge is 0.322 e. The number of anilines is 1. The average molecular weight is 352 g/mol. The summed E-state index contributed by atoms with van der Waals surface area (Å²) in [6, 6.07) is 12.3. The number of aromatic nitrogens is 1. The molecule has 1 saturated heterocycles. The number of carbonyl (C=O) groups excluding carboxylic acids is 1. The molecule has 5 heteroatoms. The van der Waals surface area contributed by atoms with E-state index >= 15 is 0 Å². The van der Waals surface area contributed by atoms with Gasteiger partial charge in [-0.25, -0.2) is 4.79 Å². The van der Waals surface area contributed by atoms with Crippen LogP contribution in [0.1, 0.15) is 37.3 Å². The third-order valence-corrected chi connectivity index (χ3v) is 5.16. The minimum Gasteiger partial charge on any atom is -0.322 e. The smallest absolute Gasteiger partial charge is 0.321 e. The van der Waals surface area contributed by atoms with Crippen LogP contribution in [-0.2, 0) is 6.54 Å². The normalized spacial score (nSPS) is 16.3. The number of benzene rings is 1. The lowest BCUT2D eigenvalue weighted by Crippen LogP contribution is -2.49. The molecule has 0 bridgehead atoms. The number of piperazine rings is 1. The fourth-order valence-corrected chi connectivity index (χ4v) is 3.19. The van der Waals surface area contributed by atoms with Gasteiger partial charge in [-0.15, -0.1) is 0 Å². The first-order valence-electron chi connectivity index (χ1n) is 9.43. The topological polar surface area (TPSA) is 48.5 Å². The minimum atomic E-state index is -0.00940. The van der Waals surface area contributed by atoms with E-state index in [1.807, 2.05) is 41.6 Å². The van der Waals surface area contributed by atoms with Gasteiger partial charge in [0.2, 0.25) is 0 Å². The van der Waals surface area contributed by atoms with Gasteiger partial charge in [-0.05, 0) is 47.7 Å². The van der Waals surface area contributed by atoms with E-state index in [4.69, 9.17) is 0 Å². The summed E-state index contributed by atoms with van der Waals surface area (Å²) in [6.07, 6.45) is 4.77. The molecule has 1 atom stereocenters. The van der Waals surface area contributed by atoms with Crippen LogP contribution in [0, 0.1) is 0 Å². The number of hydrogen-bond acceptors (Lipinski definition) is 3. The first kappa shape index (κ1) is 18.4. The van der Waals surface area contributed by atoms with Crippen LogP contribution in [0.15, 0.2) is 48.8 Å². The van der Waals surface area contributed by atoms with Gasteiger partial charge < -0.3 is 10.2 Å².